The summed E-state index contributed by atoms with van der Waals surface area (Å²) in [5.41, 5.74) is 5.47. The van der Waals surface area contributed by atoms with Gasteiger partial charge >= 0.3 is 5.97 Å². The minimum Gasteiger partial charge on any atom is -0.478 e. The molecule has 1 aromatic heterocycles. The van der Waals surface area contributed by atoms with E-state index in [0.29, 0.717) is 35.4 Å². The number of carboxylic acid groups (broad SMARTS) is 1. The Kier molecular flexibility index (Phi) is 9.26. The Balaban J connectivity index is 1.47. The van der Waals surface area contributed by atoms with E-state index >= 15 is 4.39 Å². The minimum absolute atomic E-state index is 0.0465. The summed E-state index contributed by atoms with van der Waals surface area (Å²) in [6, 6.07) is 24.8. The lowest BCUT2D eigenvalue weighted by Gasteiger charge is -2.17. The fourth-order valence-electron chi connectivity index (χ4n) is 5.45. The van der Waals surface area contributed by atoms with Crippen LogP contribution >= 0.6 is 12.6 Å². The average molecular weight is 596 g/mol. The number of rotatable bonds is 11. The third-order valence-corrected chi connectivity index (χ3v) is 8.00. The maximum atomic E-state index is 15.4. The monoisotopic (exact) mass is 595 g/mol. The lowest BCUT2D eigenvalue weighted by Crippen LogP contribution is -2.37. The van der Waals surface area contributed by atoms with Crippen LogP contribution in [0.25, 0.3) is 22.2 Å². The van der Waals surface area contributed by atoms with Crippen molar-refractivity contribution in [2.24, 2.45) is 0 Å². The van der Waals surface area contributed by atoms with E-state index in [4.69, 9.17) is 4.98 Å². The van der Waals surface area contributed by atoms with Gasteiger partial charge in [-0.25, -0.2) is 14.2 Å². The molecule has 0 unspecified atom stereocenters. The molecule has 6 nitrogen and oxygen atoms in total. The van der Waals surface area contributed by atoms with Gasteiger partial charge in [-0.1, -0.05) is 67.6 Å². The molecule has 1 atom stereocenters. The molecule has 0 aliphatic rings. The van der Waals surface area contributed by atoms with Gasteiger partial charge in [0.05, 0.1) is 16.6 Å². The molecule has 1 amide bonds. The van der Waals surface area contributed by atoms with Gasteiger partial charge in [-0.2, -0.15) is 12.6 Å². The van der Waals surface area contributed by atoms with Gasteiger partial charge in [0.2, 0.25) is 0 Å². The van der Waals surface area contributed by atoms with E-state index in [1.165, 1.54) is 12.1 Å². The molecule has 0 radical (unpaired) electrons. The average Bonchev–Trinajstić information content (AvgIpc) is 3.34. The maximum absolute atomic E-state index is 15.4. The molecule has 1 heterocycles. The van der Waals surface area contributed by atoms with Gasteiger partial charge in [0.1, 0.15) is 11.6 Å². The molecular weight excluding hydrogens is 561 g/mol. The number of nitrogens with zero attached hydrogens (tertiary/aromatic N) is 2. The number of thiol groups is 1. The lowest BCUT2D eigenvalue weighted by molar-refractivity contribution is 0.0697. The SMILES string of the molecule is CCCc1nc2c(C)cc(C(=O)N[C@@H](CS)Cc3ccccc3)cc2n1Cc1ccc(-c2ccccc2C(=O)O)c(F)c1. The molecule has 5 rings (SSSR count). The van der Waals surface area contributed by atoms with Gasteiger partial charge in [0.15, 0.2) is 0 Å². The number of fused-ring (bicyclic) bond motifs is 1. The van der Waals surface area contributed by atoms with Crippen LogP contribution in [0.2, 0.25) is 0 Å². The summed E-state index contributed by atoms with van der Waals surface area (Å²) in [5, 5.41) is 12.7. The van der Waals surface area contributed by atoms with Crippen molar-refractivity contribution in [3.63, 3.8) is 0 Å². The molecule has 5 aromatic rings. The third kappa shape index (κ3) is 6.65. The van der Waals surface area contributed by atoms with Gasteiger partial charge < -0.3 is 15.0 Å². The number of aromatic carboxylic acids is 1. The third-order valence-electron chi connectivity index (χ3n) is 7.56. The zero-order valence-electron chi connectivity index (χ0n) is 24.2. The molecule has 2 N–H and O–H groups in total. The summed E-state index contributed by atoms with van der Waals surface area (Å²) in [7, 11) is 0. The van der Waals surface area contributed by atoms with Gasteiger partial charge in [0, 0.05) is 35.9 Å². The molecule has 0 spiro atoms. The van der Waals surface area contributed by atoms with Crippen LogP contribution in [0.3, 0.4) is 0 Å². The van der Waals surface area contributed by atoms with E-state index in [1.54, 1.807) is 24.3 Å². The van der Waals surface area contributed by atoms with E-state index in [0.717, 1.165) is 40.8 Å². The Morgan fingerprint density at radius 1 is 0.977 bits per heavy atom. The van der Waals surface area contributed by atoms with Crippen LogP contribution in [0.5, 0.6) is 0 Å². The summed E-state index contributed by atoms with van der Waals surface area (Å²) in [6.45, 7) is 4.37. The van der Waals surface area contributed by atoms with E-state index < -0.39 is 11.8 Å². The van der Waals surface area contributed by atoms with Crippen LogP contribution in [-0.2, 0) is 19.4 Å². The first-order chi connectivity index (χ1) is 20.8. The van der Waals surface area contributed by atoms with E-state index in [9.17, 15) is 14.7 Å². The van der Waals surface area contributed by atoms with Gasteiger partial charge in [-0.05, 0) is 66.3 Å². The molecule has 43 heavy (non-hydrogen) atoms. The summed E-state index contributed by atoms with van der Waals surface area (Å²) < 4.78 is 17.5. The second kappa shape index (κ2) is 13.3. The van der Waals surface area contributed by atoms with Crippen LogP contribution in [0.15, 0.2) is 84.9 Å². The molecule has 0 aliphatic carbocycles. The number of amides is 1. The number of carboxylic acids is 1. The highest BCUT2D eigenvalue weighted by molar-refractivity contribution is 7.80. The topological polar surface area (TPSA) is 84.2 Å². The first-order valence-electron chi connectivity index (χ1n) is 14.4. The molecule has 0 aliphatic heterocycles. The van der Waals surface area contributed by atoms with Crippen molar-refractivity contribution in [2.75, 3.05) is 5.75 Å². The number of carbonyl (C=O) groups excluding carboxylic acids is 1. The Hall–Kier alpha value is -4.43. The van der Waals surface area contributed by atoms with Crippen molar-refractivity contribution in [1.82, 2.24) is 14.9 Å². The molecule has 8 heteroatoms. The molecule has 220 valence electrons. The number of nitrogens with one attached hydrogen (secondary N) is 1. The fraction of sp³-hybridized carbons (Fsp3) is 0.229. The van der Waals surface area contributed by atoms with E-state index in [1.807, 2.05) is 60.0 Å². The fourth-order valence-corrected chi connectivity index (χ4v) is 5.67. The Bertz CT molecular complexity index is 1780. The first-order valence-corrected chi connectivity index (χ1v) is 15.0. The number of halogens is 1. The van der Waals surface area contributed by atoms with Crippen LogP contribution in [-0.4, -0.2) is 38.3 Å². The second-order valence-corrected chi connectivity index (χ2v) is 11.1. The largest absolute Gasteiger partial charge is 0.478 e. The Morgan fingerprint density at radius 2 is 1.72 bits per heavy atom. The highest BCUT2D eigenvalue weighted by Gasteiger charge is 2.20. The Labute approximate surface area is 256 Å². The Morgan fingerprint density at radius 3 is 2.42 bits per heavy atom. The van der Waals surface area contributed by atoms with Crippen molar-refractivity contribution >= 4 is 35.5 Å². The number of aromatic nitrogens is 2. The summed E-state index contributed by atoms with van der Waals surface area (Å²) in [6.07, 6.45) is 2.27. The highest BCUT2D eigenvalue weighted by atomic mass is 32.1. The zero-order chi connectivity index (χ0) is 30.5. The van der Waals surface area contributed by atoms with Crippen LogP contribution in [0.1, 0.15) is 56.6 Å². The van der Waals surface area contributed by atoms with Crippen molar-refractivity contribution in [3.8, 4) is 11.1 Å². The van der Waals surface area contributed by atoms with Crippen molar-refractivity contribution in [3.05, 3.63) is 124 Å². The number of hydrogen-bond donors (Lipinski definition) is 3. The standard InChI is InChI=1S/C35H34FN3O3S/c1-3-9-32-38-33-22(2)16-25(34(40)37-26(21-43)17-23-10-5-4-6-11-23)19-31(33)39(32)20-24-14-15-28(30(36)18-24)27-12-7-8-13-29(27)35(41)42/h4-8,10-16,18-19,26,43H,3,9,17,20-21H2,1-2H3,(H,37,40)(H,41,42)/t26-/m1/s1. The predicted octanol–water partition coefficient (Wildman–Crippen LogP) is 7.12. The summed E-state index contributed by atoms with van der Waals surface area (Å²) in [5.74, 6) is -0.434. The van der Waals surface area contributed by atoms with Crippen molar-refractivity contribution < 1.29 is 19.1 Å². The normalized spacial score (nSPS) is 11.9. The molecule has 4 aromatic carbocycles. The quantitative estimate of drug-likeness (QED) is 0.142. The van der Waals surface area contributed by atoms with E-state index in [-0.39, 0.29) is 23.1 Å². The number of hydrogen-bond acceptors (Lipinski definition) is 4. The number of aryl methyl sites for hydroxylation is 2. The first kappa shape index (κ1) is 30.0. The van der Waals surface area contributed by atoms with Crippen LogP contribution in [0.4, 0.5) is 4.39 Å². The molecule has 0 fully saturated rings. The number of imidazole rings is 1. The number of benzene rings is 4. The van der Waals surface area contributed by atoms with Gasteiger partial charge in [-0.3, -0.25) is 4.79 Å². The lowest BCUT2D eigenvalue weighted by atomic mass is 9.98. The summed E-state index contributed by atoms with van der Waals surface area (Å²) in [4.78, 5) is 30.0. The number of carbonyl (C=O) groups is 2. The maximum Gasteiger partial charge on any atom is 0.336 e. The molecule has 0 bridgehead atoms. The van der Waals surface area contributed by atoms with Crippen molar-refractivity contribution in [2.45, 2.75) is 45.7 Å². The van der Waals surface area contributed by atoms with E-state index in [2.05, 4.69) is 24.9 Å². The smallest absolute Gasteiger partial charge is 0.336 e. The zero-order valence-corrected chi connectivity index (χ0v) is 25.1. The van der Waals surface area contributed by atoms with Crippen LogP contribution in [0, 0.1) is 12.7 Å². The minimum atomic E-state index is -1.11. The van der Waals surface area contributed by atoms with Gasteiger partial charge in [0.25, 0.3) is 5.91 Å². The molecular formula is C35H34FN3O3S. The van der Waals surface area contributed by atoms with Crippen molar-refractivity contribution in [1.29, 1.82) is 0 Å². The highest BCUT2D eigenvalue weighted by Crippen LogP contribution is 2.29. The molecule has 0 saturated carbocycles. The van der Waals surface area contributed by atoms with Crippen LogP contribution < -0.4 is 5.32 Å². The summed E-state index contributed by atoms with van der Waals surface area (Å²) >= 11 is 4.48. The predicted molar refractivity (Wildman–Crippen MR) is 172 cm³/mol. The molecule has 0 saturated heterocycles. The second-order valence-electron chi connectivity index (χ2n) is 10.7. The van der Waals surface area contributed by atoms with Gasteiger partial charge in [-0.15, -0.1) is 0 Å².